The molecular formula is C21H16Cl2F2N4O3S. The van der Waals surface area contributed by atoms with Crippen LogP contribution in [-0.4, -0.2) is 36.1 Å². The van der Waals surface area contributed by atoms with Gasteiger partial charge in [0.25, 0.3) is 10.0 Å². The van der Waals surface area contributed by atoms with Crippen LogP contribution in [0.15, 0.2) is 47.6 Å². The monoisotopic (exact) mass is 512 g/mol. The number of nitrogens with zero attached hydrogens (tertiary/aromatic N) is 2. The van der Waals surface area contributed by atoms with E-state index in [1.807, 2.05) is 4.72 Å². The van der Waals surface area contributed by atoms with E-state index in [0.29, 0.717) is 0 Å². The maximum absolute atomic E-state index is 14.9. The van der Waals surface area contributed by atoms with Crippen LogP contribution in [-0.2, 0) is 10.0 Å². The fraction of sp³-hybridized carbons (Fsp3) is 0.143. The standard InChI is InChI=1S/C21H16Cl2F2N4O3S/c1-12(11-30)28-21-26-9-13(10-27-21)2-4-15-17(24)6-7-18(20(15)25)29-33(31,32)19-8-14(22)3-5-16(19)23/h3,5-10,12,29-30H,11H2,1H3,(H,26,27,28)/t12-/m0/s1. The number of aliphatic hydroxyl groups excluding tert-OH is 1. The van der Waals surface area contributed by atoms with Gasteiger partial charge in [0.2, 0.25) is 5.95 Å². The van der Waals surface area contributed by atoms with Gasteiger partial charge in [-0.25, -0.2) is 27.2 Å². The minimum absolute atomic E-state index is 0.111. The summed E-state index contributed by atoms with van der Waals surface area (Å²) in [6, 6.07) is 5.33. The number of hydrogen-bond acceptors (Lipinski definition) is 6. The zero-order chi connectivity index (χ0) is 24.2. The first-order valence-electron chi connectivity index (χ1n) is 9.28. The Morgan fingerprint density at radius 1 is 1.12 bits per heavy atom. The molecule has 0 aliphatic rings. The van der Waals surface area contributed by atoms with E-state index in [0.717, 1.165) is 18.2 Å². The lowest BCUT2D eigenvalue weighted by Crippen LogP contribution is -2.20. The molecule has 0 unspecified atom stereocenters. The molecule has 7 nitrogen and oxygen atoms in total. The second-order valence-corrected chi connectivity index (χ2v) is 9.23. The zero-order valence-corrected chi connectivity index (χ0v) is 19.2. The molecule has 2 aromatic carbocycles. The minimum atomic E-state index is -4.32. The Bertz CT molecular complexity index is 1340. The molecule has 0 aliphatic heterocycles. The Morgan fingerprint density at radius 2 is 1.82 bits per heavy atom. The molecule has 33 heavy (non-hydrogen) atoms. The van der Waals surface area contributed by atoms with E-state index < -0.39 is 32.9 Å². The van der Waals surface area contributed by atoms with Gasteiger partial charge in [-0.1, -0.05) is 35.0 Å². The van der Waals surface area contributed by atoms with Crippen LogP contribution >= 0.6 is 23.2 Å². The Balaban J connectivity index is 1.89. The summed E-state index contributed by atoms with van der Waals surface area (Å²) in [5.41, 5.74) is -0.915. The summed E-state index contributed by atoms with van der Waals surface area (Å²) in [4.78, 5) is 7.63. The molecule has 172 valence electrons. The van der Waals surface area contributed by atoms with E-state index in [1.165, 1.54) is 24.5 Å². The first kappa shape index (κ1) is 24.7. The van der Waals surface area contributed by atoms with Crippen LogP contribution in [0.5, 0.6) is 0 Å². The third-order valence-electron chi connectivity index (χ3n) is 4.15. The van der Waals surface area contributed by atoms with E-state index in [2.05, 4.69) is 27.1 Å². The van der Waals surface area contributed by atoms with Gasteiger partial charge in [-0.2, -0.15) is 0 Å². The predicted molar refractivity (Wildman–Crippen MR) is 122 cm³/mol. The fourth-order valence-corrected chi connectivity index (χ4v) is 4.32. The van der Waals surface area contributed by atoms with Crippen molar-refractivity contribution < 1.29 is 22.3 Å². The first-order valence-corrected chi connectivity index (χ1v) is 11.5. The molecule has 0 saturated carbocycles. The van der Waals surface area contributed by atoms with Gasteiger partial charge in [0.15, 0.2) is 5.82 Å². The van der Waals surface area contributed by atoms with Gasteiger partial charge in [-0.15, -0.1) is 0 Å². The van der Waals surface area contributed by atoms with Crippen molar-refractivity contribution in [3.8, 4) is 11.8 Å². The Morgan fingerprint density at radius 3 is 2.48 bits per heavy atom. The summed E-state index contributed by atoms with van der Waals surface area (Å²) in [5.74, 6) is 2.91. The molecule has 3 aromatic rings. The number of halogens is 4. The number of sulfonamides is 1. The topological polar surface area (TPSA) is 104 Å². The summed E-state index contributed by atoms with van der Waals surface area (Å²) in [6.07, 6.45) is 2.66. The summed E-state index contributed by atoms with van der Waals surface area (Å²) >= 11 is 11.8. The van der Waals surface area contributed by atoms with E-state index >= 15 is 0 Å². The van der Waals surface area contributed by atoms with Gasteiger partial charge in [0.05, 0.1) is 28.4 Å². The predicted octanol–water partition coefficient (Wildman–Crippen LogP) is 4.05. The Kier molecular flexibility index (Phi) is 7.71. The van der Waals surface area contributed by atoms with Crippen molar-refractivity contribution in [2.75, 3.05) is 16.6 Å². The number of aromatic nitrogens is 2. The zero-order valence-electron chi connectivity index (χ0n) is 16.9. The van der Waals surface area contributed by atoms with Crippen molar-refractivity contribution in [3.63, 3.8) is 0 Å². The lowest BCUT2D eigenvalue weighted by molar-refractivity contribution is 0.281. The number of hydrogen-bond donors (Lipinski definition) is 3. The number of anilines is 2. The summed E-state index contributed by atoms with van der Waals surface area (Å²) in [7, 11) is -4.32. The van der Waals surface area contributed by atoms with Crippen LogP contribution < -0.4 is 10.0 Å². The number of aliphatic hydroxyl groups is 1. The molecule has 0 saturated heterocycles. The molecule has 3 rings (SSSR count). The largest absolute Gasteiger partial charge is 0.394 e. The second kappa shape index (κ2) is 10.3. The van der Waals surface area contributed by atoms with Crippen molar-refractivity contribution in [1.29, 1.82) is 0 Å². The van der Waals surface area contributed by atoms with Crippen molar-refractivity contribution >= 4 is 44.9 Å². The van der Waals surface area contributed by atoms with Crippen LogP contribution in [0.25, 0.3) is 0 Å². The second-order valence-electron chi connectivity index (χ2n) is 6.74. The van der Waals surface area contributed by atoms with Gasteiger partial charge in [-0.3, -0.25) is 4.72 Å². The highest BCUT2D eigenvalue weighted by Gasteiger charge is 2.22. The highest BCUT2D eigenvalue weighted by Crippen LogP contribution is 2.28. The van der Waals surface area contributed by atoms with E-state index in [4.69, 9.17) is 28.3 Å². The van der Waals surface area contributed by atoms with Crippen molar-refractivity contribution in [3.05, 3.63) is 75.5 Å². The van der Waals surface area contributed by atoms with Crippen LogP contribution in [0, 0.1) is 23.5 Å². The number of benzene rings is 2. The van der Waals surface area contributed by atoms with Crippen molar-refractivity contribution in [1.82, 2.24) is 9.97 Å². The third kappa shape index (κ3) is 6.09. The maximum Gasteiger partial charge on any atom is 0.263 e. The quantitative estimate of drug-likeness (QED) is 0.430. The van der Waals surface area contributed by atoms with Gasteiger partial charge >= 0.3 is 0 Å². The Labute approximate surface area is 198 Å². The van der Waals surface area contributed by atoms with Crippen molar-refractivity contribution in [2.24, 2.45) is 0 Å². The average Bonchev–Trinajstić information content (AvgIpc) is 2.78. The van der Waals surface area contributed by atoms with Crippen LogP contribution in [0.1, 0.15) is 18.1 Å². The SMILES string of the molecule is C[C@@H](CO)Nc1ncc(C#Cc2c(F)ccc(NS(=O)(=O)c3cc(Cl)ccc3Cl)c2F)cn1. The molecule has 0 radical (unpaired) electrons. The van der Waals surface area contributed by atoms with E-state index in [1.54, 1.807) is 6.92 Å². The van der Waals surface area contributed by atoms with E-state index in [9.17, 15) is 17.2 Å². The van der Waals surface area contributed by atoms with E-state index in [-0.39, 0.29) is 39.1 Å². The molecule has 0 aliphatic carbocycles. The Hall–Kier alpha value is -2.97. The van der Waals surface area contributed by atoms with Gasteiger partial charge < -0.3 is 10.4 Å². The van der Waals surface area contributed by atoms with Gasteiger partial charge in [0.1, 0.15) is 10.7 Å². The van der Waals surface area contributed by atoms with Crippen molar-refractivity contribution in [2.45, 2.75) is 17.9 Å². The molecule has 1 atom stereocenters. The molecule has 0 fully saturated rings. The minimum Gasteiger partial charge on any atom is -0.394 e. The molecule has 3 N–H and O–H groups in total. The van der Waals surface area contributed by atoms with Crippen LogP contribution in [0.2, 0.25) is 10.0 Å². The highest BCUT2D eigenvalue weighted by molar-refractivity contribution is 7.92. The summed E-state index contributed by atoms with van der Waals surface area (Å²) in [6.45, 7) is 1.61. The average molecular weight is 513 g/mol. The van der Waals surface area contributed by atoms with Gasteiger partial charge in [0, 0.05) is 23.5 Å². The molecule has 0 spiro atoms. The number of rotatable bonds is 6. The normalized spacial score (nSPS) is 11.9. The lowest BCUT2D eigenvalue weighted by atomic mass is 10.1. The van der Waals surface area contributed by atoms with Crippen LogP contribution in [0.3, 0.4) is 0 Å². The highest BCUT2D eigenvalue weighted by atomic mass is 35.5. The molecule has 12 heteroatoms. The summed E-state index contributed by atoms with van der Waals surface area (Å²) in [5, 5.41) is 11.9. The molecule has 1 aromatic heterocycles. The number of nitrogens with one attached hydrogen (secondary N) is 2. The summed E-state index contributed by atoms with van der Waals surface area (Å²) < 4.78 is 56.5. The van der Waals surface area contributed by atoms with Crippen LogP contribution in [0.4, 0.5) is 20.4 Å². The fourth-order valence-electron chi connectivity index (χ4n) is 2.50. The molecular weight excluding hydrogens is 497 g/mol. The third-order valence-corrected chi connectivity index (χ3v) is 6.23. The molecule has 0 bridgehead atoms. The van der Waals surface area contributed by atoms with Gasteiger partial charge in [-0.05, 0) is 37.3 Å². The first-order chi connectivity index (χ1) is 15.6. The maximum atomic E-state index is 14.9. The molecule has 1 heterocycles. The smallest absolute Gasteiger partial charge is 0.263 e. The molecule has 0 amide bonds. The lowest BCUT2D eigenvalue weighted by Gasteiger charge is -2.11.